The van der Waals surface area contributed by atoms with Crippen LogP contribution >= 0.6 is 0 Å². The monoisotopic (exact) mass is 253 g/mol. The topological polar surface area (TPSA) is 41.6 Å². The molecular formula is C16H19N3. The lowest BCUT2D eigenvalue weighted by molar-refractivity contribution is 0.653. The number of rotatable bonds is 3. The van der Waals surface area contributed by atoms with Crippen LogP contribution in [-0.2, 0) is 12.0 Å². The largest absolute Gasteiger partial charge is 0.272 e. The standard InChI is InChI=1S/C16H19N3/c1-5-19-10-15(12(2)18-19)13-6-8-14(9-7-13)16(3,4)11-17/h6-10H,5H2,1-4H3. The summed E-state index contributed by atoms with van der Waals surface area (Å²) in [6.07, 6.45) is 2.07. The molecule has 0 radical (unpaired) electrons. The molecule has 0 saturated carbocycles. The van der Waals surface area contributed by atoms with Gasteiger partial charge < -0.3 is 0 Å². The molecule has 0 aliphatic rings. The van der Waals surface area contributed by atoms with Crippen molar-refractivity contribution < 1.29 is 0 Å². The van der Waals surface area contributed by atoms with Gasteiger partial charge in [0.05, 0.1) is 17.2 Å². The van der Waals surface area contributed by atoms with Gasteiger partial charge in [0, 0.05) is 18.3 Å². The van der Waals surface area contributed by atoms with Gasteiger partial charge in [-0.15, -0.1) is 0 Å². The highest BCUT2D eigenvalue weighted by molar-refractivity contribution is 5.65. The summed E-state index contributed by atoms with van der Waals surface area (Å²) in [5.74, 6) is 0. The molecule has 19 heavy (non-hydrogen) atoms. The summed E-state index contributed by atoms with van der Waals surface area (Å²) in [5.41, 5.74) is 3.94. The van der Waals surface area contributed by atoms with Crippen molar-refractivity contribution in [3.8, 4) is 17.2 Å². The van der Waals surface area contributed by atoms with Crippen LogP contribution in [0.2, 0.25) is 0 Å². The van der Waals surface area contributed by atoms with Crippen molar-refractivity contribution in [2.45, 2.75) is 39.7 Å². The maximum atomic E-state index is 9.15. The lowest BCUT2D eigenvalue weighted by atomic mass is 9.85. The van der Waals surface area contributed by atoms with Crippen molar-refractivity contribution >= 4 is 0 Å². The molecule has 3 nitrogen and oxygen atoms in total. The first kappa shape index (κ1) is 13.4. The summed E-state index contributed by atoms with van der Waals surface area (Å²) >= 11 is 0. The van der Waals surface area contributed by atoms with Crippen molar-refractivity contribution in [3.63, 3.8) is 0 Å². The van der Waals surface area contributed by atoms with Crippen LogP contribution in [0.15, 0.2) is 30.5 Å². The zero-order valence-electron chi connectivity index (χ0n) is 11.9. The summed E-state index contributed by atoms with van der Waals surface area (Å²) in [5, 5.41) is 13.6. The van der Waals surface area contributed by atoms with Crippen molar-refractivity contribution in [2.24, 2.45) is 0 Å². The number of hydrogen-bond acceptors (Lipinski definition) is 2. The zero-order valence-corrected chi connectivity index (χ0v) is 11.9. The Balaban J connectivity index is 2.38. The van der Waals surface area contributed by atoms with Crippen LogP contribution in [0, 0.1) is 18.3 Å². The van der Waals surface area contributed by atoms with E-state index >= 15 is 0 Å². The van der Waals surface area contributed by atoms with Crippen LogP contribution in [0.25, 0.3) is 11.1 Å². The summed E-state index contributed by atoms with van der Waals surface area (Å²) in [6, 6.07) is 10.5. The Morgan fingerprint density at radius 1 is 1.26 bits per heavy atom. The second kappa shape index (κ2) is 4.89. The molecule has 0 bridgehead atoms. The molecule has 0 fully saturated rings. The van der Waals surface area contributed by atoms with Gasteiger partial charge in [-0.25, -0.2) is 0 Å². The van der Waals surface area contributed by atoms with Gasteiger partial charge in [-0.2, -0.15) is 10.4 Å². The first-order chi connectivity index (χ1) is 8.97. The third-order valence-electron chi connectivity index (χ3n) is 3.47. The summed E-state index contributed by atoms with van der Waals surface area (Å²) < 4.78 is 1.94. The SMILES string of the molecule is CCn1cc(-c2ccc(C(C)(C)C#N)cc2)c(C)n1. The minimum atomic E-state index is -0.443. The molecule has 0 unspecified atom stereocenters. The molecule has 0 aliphatic carbocycles. The van der Waals surface area contributed by atoms with Crippen LogP contribution < -0.4 is 0 Å². The molecule has 2 aromatic rings. The van der Waals surface area contributed by atoms with Crippen molar-refractivity contribution in [3.05, 3.63) is 41.7 Å². The number of aromatic nitrogens is 2. The van der Waals surface area contributed by atoms with Crippen molar-refractivity contribution in [1.82, 2.24) is 9.78 Å². The van der Waals surface area contributed by atoms with E-state index in [0.717, 1.165) is 28.9 Å². The Morgan fingerprint density at radius 2 is 1.89 bits per heavy atom. The Kier molecular flexibility index (Phi) is 3.44. The normalized spacial score (nSPS) is 11.3. The van der Waals surface area contributed by atoms with E-state index in [1.54, 1.807) is 0 Å². The van der Waals surface area contributed by atoms with Crippen LogP contribution in [-0.4, -0.2) is 9.78 Å². The molecule has 0 amide bonds. The second-order valence-electron chi connectivity index (χ2n) is 5.30. The predicted octanol–water partition coefficient (Wildman–Crippen LogP) is 3.68. The summed E-state index contributed by atoms with van der Waals surface area (Å²) in [6.45, 7) is 8.84. The van der Waals surface area contributed by atoms with Crippen LogP contribution in [0.4, 0.5) is 0 Å². The number of nitrogens with zero attached hydrogens (tertiary/aromatic N) is 3. The van der Waals surface area contributed by atoms with E-state index in [0.29, 0.717) is 0 Å². The van der Waals surface area contributed by atoms with Gasteiger partial charge in [0.1, 0.15) is 0 Å². The lowest BCUT2D eigenvalue weighted by Gasteiger charge is -2.15. The van der Waals surface area contributed by atoms with Gasteiger partial charge in [0.2, 0.25) is 0 Å². The fourth-order valence-corrected chi connectivity index (χ4v) is 2.09. The van der Waals surface area contributed by atoms with Gasteiger partial charge in [-0.05, 0) is 38.8 Å². The summed E-state index contributed by atoms with van der Waals surface area (Å²) in [7, 11) is 0. The molecule has 98 valence electrons. The minimum Gasteiger partial charge on any atom is -0.272 e. The molecule has 0 N–H and O–H groups in total. The quantitative estimate of drug-likeness (QED) is 0.837. The fraction of sp³-hybridized carbons (Fsp3) is 0.375. The van der Waals surface area contributed by atoms with Crippen LogP contribution in [0.1, 0.15) is 32.0 Å². The average Bonchev–Trinajstić information content (AvgIpc) is 2.80. The Morgan fingerprint density at radius 3 is 2.37 bits per heavy atom. The maximum Gasteiger partial charge on any atom is 0.0766 e. The smallest absolute Gasteiger partial charge is 0.0766 e. The highest BCUT2D eigenvalue weighted by Crippen LogP contribution is 2.27. The number of benzene rings is 1. The first-order valence-corrected chi connectivity index (χ1v) is 6.54. The predicted molar refractivity (Wildman–Crippen MR) is 76.7 cm³/mol. The van der Waals surface area contributed by atoms with Crippen molar-refractivity contribution in [2.75, 3.05) is 0 Å². The number of nitriles is 1. The molecule has 0 aliphatic heterocycles. The zero-order chi connectivity index (χ0) is 14.0. The van der Waals surface area contributed by atoms with E-state index in [1.165, 1.54) is 0 Å². The van der Waals surface area contributed by atoms with Gasteiger partial charge in [0.15, 0.2) is 0 Å². The molecule has 1 aromatic carbocycles. The highest BCUT2D eigenvalue weighted by Gasteiger charge is 2.19. The Bertz CT molecular complexity index is 612. The number of aryl methyl sites for hydroxylation is 2. The molecule has 0 spiro atoms. The van der Waals surface area contributed by atoms with E-state index in [-0.39, 0.29) is 0 Å². The third kappa shape index (κ3) is 2.53. The van der Waals surface area contributed by atoms with Gasteiger partial charge in [-0.3, -0.25) is 4.68 Å². The fourth-order valence-electron chi connectivity index (χ4n) is 2.09. The Hall–Kier alpha value is -2.08. The molecule has 0 atom stereocenters. The van der Waals surface area contributed by atoms with E-state index in [9.17, 15) is 0 Å². The average molecular weight is 253 g/mol. The van der Waals surface area contributed by atoms with Crippen LogP contribution in [0.3, 0.4) is 0 Å². The molecule has 0 saturated heterocycles. The summed E-state index contributed by atoms with van der Waals surface area (Å²) in [4.78, 5) is 0. The second-order valence-corrected chi connectivity index (χ2v) is 5.30. The number of hydrogen-bond donors (Lipinski definition) is 0. The van der Waals surface area contributed by atoms with E-state index in [2.05, 4.69) is 36.4 Å². The maximum absolute atomic E-state index is 9.15. The molecule has 3 heteroatoms. The molecule has 1 heterocycles. The molecule has 1 aromatic heterocycles. The van der Waals surface area contributed by atoms with Crippen LogP contribution in [0.5, 0.6) is 0 Å². The van der Waals surface area contributed by atoms with Crippen molar-refractivity contribution in [1.29, 1.82) is 5.26 Å². The van der Waals surface area contributed by atoms with Gasteiger partial charge >= 0.3 is 0 Å². The Labute approximate surface area is 114 Å². The third-order valence-corrected chi connectivity index (χ3v) is 3.47. The first-order valence-electron chi connectivity index (χ1n) is 6.54. The van der Waals surface area contributed by atoms with Gasteiger partial charge in [-0.1, -0.05) is 24.3 Å². The molecular weight excluding hydrogens is 234 g/mol. The lowest BCUT2D eigenvalue weighted by Crippen LogP contribution is -2.13. The van der Waals surface area contributed by atoms with E-state index < -0.39 is 5.41 Å². The van der Waals surface area contributed by atoms with E-state index in [1.807, 2.05) is 37.6 Å². The van der Waals surface area contributed by atoms with E-state index in [4.69, 9.17) is 5.26 Å². The minimum absolute atomic E-state index is 0.443. The van der Waals surface area contributed by atoms with Gasteiger partial charge in [0.25, 0.3) is 0 Å². The molecule has 2 rings (SSSR count). The highest BCUT2D eigenvalue weighted by atomic mass is 15.3.